The standard InChI is InChI=1S/C14H24N4O6/c15-11(19)5-17(7-13(21)22)9-3-1-2-4-10(9)18(6-12(16)20)8-14(23)24/h9-10H,1-8H2,(H2,15,19)(H2,16,20)(H,21,22)(H,23,24). The third kappa shape index (κ3) is 6.50. The lowest BCUT2D eigenvalue weighted by atomic mass is 9.87. The normalized spacial score (nSPS) is 20.9. The summed E-state index contributed by atoms with van der Waals surface area (Å²) in [6, 6.07) is -0.776. The lowest BCUT2D eigenvalue weighted by Gasteiger charge is -2.43. The molecule has 0 radical (unpaired) electrons. The van der Waals surface area contributed by atoms with Gasteiger partial charge in [0.25, 0.3) is 0 Å². The Hall–Kier alpha value is -2.20. The molecule has 10 nitrogen and oxygen atoms in total. The van der Waals surface area contributed by atoms with E-state index < -0.39 is 23.8 Å². The van der Waals surface area contributed by atoms with Crippen molar-refractivity contribution in [2.24, 2.45) is 11.5 Å². The molecule has 0 spiro atoms. The van der Waals surface area contributed by atoms with Crippen LogP contribution in [0.15, 0.2) is 0 Å². The molecule has 136 valence electrons. The van der Waals surface area contributed by atoms with Crippen LogP contribution < -0.4 is 11.5 Å². The smallest absolute Gasteiger partial charge is 0.317 e. The van der Waals surface area contributed by atoms with Crippen LogP contribution in [0.1, 0.15) is 25.7 Å². The molecule has 10 heteroatoms. The number of carboxylic acid groups (broad SMARTS) is 2. The summed E-state index contributed by atoms with van der Waals surface area (Å²) in [6.45, 7) is -1.26. The Morgan fingerprint density at radius 1 is 0.750 bits per heavy atom. The Balaban J connectivity index is 3.03. The highest BCUT2D eigenvalue weighted by Crippen LogP contribution is 2.27. The highest BCUT2D eigenvalue weighted by molar-refractivity contribution is 5.78. The van der Waals surface area contributed by atoms with Gasteiger partial charge in [0.15, 0.2) is 0 Å². The lowest BCUT2D eigenvalue weighted by molar-refractivity contribution is -0.143. The van der Waals surface area contributed by atoms with E-state index in [0.29, 0.717) is 12.8 Å². The molecule has 0 heterocycles. The summed E-state index contributed by atoms with van der Waals surface area (Å²) in [5.74, 6) is -3.55. The summed E-state index contributed by atoms with van der Waals surface area (Å²) >= 11 is 0. The number of carbonyl (C=O) groups is 4. The number of amides is 2. The largest absolute Gasteiger partial charge is 0.480 e. The van der Waals surface area contributed by atoms with E-state index >= 15 is 0 Å². The maximum absolute atomic E-state index is 11.3. The molecule has 0 aromatic heterocycles. The van der Waals surface area contributed by atoms with E-state index in [4.69, 9.17) is 21.7 Å². The molecular formula is C14H24N4O6. The van der Waals surface area contributed by atoms with Gasteiger partial charge in [-0.3, -0.25) is 29.0 Å². The molecule has 1 rings (SSSR count). The lowest BCUT2D eigenvalue weighted by Crippen LogP contribution is -2.58. The number of rotatable bonds is 10. The van der Waals surface area contributed by atoms with Crippen molar-refractivity contribution in [3.05, 3.63) is 0 Å². The first-order valence-electron chi connectivity index (χ1n) is 7.69. The molecule has 2 unspecified atom stereocenters. The summed E-state index contributed by atoms with van der Waals surface area (Å²) in [4.78, 5) is 47.6. The van der Waals surface area contributed by atoms with E-state index in [1.165, 1.54) is 9.80 Å². The second kappa shape index (κ2) is 9.18. The number of nitrogens with two attached hydrogens (primary N) is 2. The molecule has 24 heavy (non-hydrogen) atoms. The Kier molecular flexibility index (Phi) is 7.59. The van der Waals surface area contributed by atoms with E-state index in [0.717, 1.165) is 12.8 Å². The van der Waals surface area contributed by atoms with Crippen molar-refractivity contribution in [2.45, 2.75) is 37.8 Å². The van der Waals surface area contributed by atoms with Gasteiger partial charge < -0.3 is 21.7 Å². The van der Waals surface area contributed by atoms with Gasteiger partial charge in [-0.25, -0.2) is 0 Å². The summed E-state index contributed by atoms with van der Waals surface area (Å²) in [5.41, 5.74) is 10.4. The first kappa shape index (κ1) is 19.8. The zero-order valence-electron chi connectivity index (χ0n) is 13.4. The summed E-state index contributed by atoms with van der Waals surface area (Å²) in [7, 11) is 0. The third-order valence-corrected chi connectivity index (χ3v) is 4.03. The molecule has 1 aliphatic rings. The Labute approximate surface area is 139 Å². The highest BCUT2D eigenvalue weighted by Gasteiger charge is 2.36. The van der Waals surface area contributed by atoms with Crippen LogP contribution >= 0.6 is 0 Å². The Bertz CT molecular complexity index is 422. The van der Waals surface area contributed by atoms with Crippen molar-refractivity contribution in [1.29, 1.82) is 0 Å². The van der Waals surface area contributed by atoms with Crippen LogP contribution in [0.4, 0.5) is 0 Å². The molecule has 0 bridgehead atoms. The molecule has 6 N–H and O–H groups in total. The minimum absolute atomic E-state index is 0.245. The fraction of sp³-hybridized carbons (Fsp3) is 0.714. The van der Waals surface area contributed by atoms with Gasteiger partial charge in [0.2, 0.25) is 11.8 Å². The Morgan fingerprint density at radius 2 is 1.08 bits per heavy atom. The Morgan fingerprint density at radius 3 is 1.33 bits per heavy atom. The van der Waals surface area contributed by atoms with Gasteiger partial charge in [-0.05, 0) is 12.8 Å². The quantitative estimate of drug-likeness (QED) is 0.354. The van der Waals surface area contributed by atoms with Crippen LogP contribution in [-0.2, 0) is 19.2 Å². The predicted molar refractivity (Wildman–Crippen MR) is 82.9 cm³/mol. The number of primary amides is 2. The fourth-order valence-electron chi connectivity index (χ4n) is 3.27. The zero-order valence-corrected chi connectivity index (χ0v) is 13.4. The number of hydrogen-bond acceptors (Lipinski definition) is 6. The number of carbonyl (C=O) groups excluding carboxylic acids is 2. The second-order valence-electron chi connectivity index (χ2n) is 5.95. The van der Waals surface area contributed by atoms with Crippen molar-refractivity contribution in [2.75, 3.05) is 26.2 Å². The molecule has 1 saturated carbocycles. The molecule has 1 aliphatic carbocycles. The zero-order chi connectivity index (χ0) is 18.3. The summed E-state index contributed by atoms with van der Waals surface area (Å²) in [5, 5.41) is 18.1. The molecule has 0 aromatic carbocycles. The molecule has 0 saturated heterocycles. The van der Waals surface area contributed by atoms with Gasteiger partial charge in [0, 0.05) is 12.1 Å². The van der Waals surface area contributed by atoms with E-state index in [1.54, 1.807) is 0 Å². The van der Waals surface area contributed by atoms with E-state index in [-0.39, 0.29) is 38.3 Å². The number of aliphatic carboxylic acids is 2. The molecular weight excluding hydrogens is 320 g/mol. The monoisotopic (exact) mass is 344 g/mol. The third-order valence-electron chi connectivity index (χ3n) is 4.03. The van der Waals surface area contributed by atoms with Crippen LogP contribution in [0.5, 0.6) is 0 Å². The van der Waals surface area contributed by atoms with Gasteiger partial charge in [-0.1, -0.05) is 12.8 Å². The second-order valence-corrected chi connectivity index (χ2v) is 5.95. The molecule has 2 atom stereocenters. The van der Waals surface area contributed by atoms with Crippen LogP contribution in [0, 0.1) is 0 Å². The summed E-state index contributed by atoms with van der Waals surface area (Å²) in [6.07, 6.45) is 2.79. The van der Waals surface area contributed by atoms with Crippen LogP contribution in [0.2, 0.25) is 0 Å². The number of nitrogens with zero attached hydrogens (tertiary/aromatic N) is 2. The molecule has 0 aromatic rings. The van der Waals surface area contributed by atoms with Gasteiger partial charge in [0.05, 0.1) is 26.2 Å². The topological polar surface area (TPSA) is 167 Å². The van der Waals surface area contributed by atoms with Crippen molar-refractivity contribution in [3.8, 4) is 0 Å². The number of carboxylic acids is 2. The fourth-order valence-corrected chi connectivity index (χ4v) is 3.27. The average molecular weight is 344 g/mol. The summed E-state index contributed by atoms with van der Waals surface area (Å²) < 4.78 is 0. The predicted octanol–water partition coefficient (Wildman–Crippen LogP) is -1.96. The number of hydrogen-bond donors (Lipinski definition) is 4. The van der Waals surface area contributed by atoms with E-state index in [2.05, 4.69) is 0 Å². The molecule has 1 fully saturated rings. The van der Waals surface area contributed by atoms with Gasteiger partial charge >= 0.3 is 11.9 Å². The minimum atomic E-state index is -1.11. The average Bonchev–Trinajstić information content (AvgIpc) is 2.44. The molecule has 0 aliphatic heterocycles. The first-order valence-corrected chi connectivity index (χ1v) is 7.69. The maximum Gasteiger partial charge on any atom is 0.317 e. The van der Waals surface area contributed by atoms with Crippen molar-refractivity contribution in [3.63, 3.8) is 0 Å². The van der Waals surface area contributed by atoms with E-state index in [9.17, 15) is 19.2 Å². The van der Waals surface area contributed by atoms with Crippen molar-refractivity contribution >= 4 is 23.8 Å². The van der Waals surface area contributed by atoms with Crippen LogP contribution in [0.25, 0.3) is 0 Å². The maximum atomic E-state index is 11.3. The van der Waals surface area contributed by atoms with Crippen molar-refractivity contribution < 1.29 is 29.4 Å². The van der Waals surface area contributed by atoms with Crippen LogP contribution in [0.3, 0.4) is 0 Å². The van der Waals surface area contributed by atoms with Gasteiger partial charge in [-0.2, -0.15) is 0 Å². The van der Waals surface area contributed by atoms with Crippen LogP contribution in [-0.4, -0.2) is 82.0 Å². The first-order chi connectivity index (χ1) is 11.2. The van der Waals surface area contributed by atoms with Gasteiger partial charge in [0.1, 0.15) is 0 Å². The van der Waals surface area contributed by atoms with Crippen molar-refractivity contribution in [1.82, 2.24) is 9.80 Å². The SMILES string of the molecule is NC(=O)CN(CC(=O)O)C1CCCCC1N(CC(N)=O)CC(=O)O. The molecule has 2 amide bonds. The van der Waals surface area contributed by atoms with E-state index in [1.807, 2.05) is 0 Å². The highest BCUT2D eigenvalue weighted by atomic mass is 16.4. The van der Waals surface area contributed by atoms with Gasteiger partial charge in [-0.15, -0.1) is 0 Å². The minimum Gasteiger partial charge on any atom is -0.480 e.